The molecule has 1 heterocycles. The number of nitrogens with zero attached hydrogens (tertiary/aromatic N) is 3. The minimum atomic E-state index is 0.0954. The molecule has 1 aromatic rings. The fourth-order valence-corrected chi connectivity index (χ4v) is 2.26. The van der Waals surface area contributed by atoms with Crippen LogP contribution in [0.1, 0.15) is 40.0 Å². The second kappa shape index (κ2) is 8.58. The molecular weight excluding hydrogens is 254 g/mol. The average molecular weight is 281 g/mol. The summed E-state index contributed by atoms with van der Waals surface area (Å²) in [6, 6.07) is 2.25. The van der Waals surface area contributed by atoms with Gasteiger partial charge in [-0.3, -0.25) is 0 Å². The molecule has 0 radical (unpaired) electrons. The zero-order valence-corrected chi connectivity index (χ0v) is 12.8. The number of aliphatic hydroxyl groups is 1. The van der Waals surface area contributed by atoms with Crippen molar-refractivity contribution in [2.45, 2.75) is 46.1 Å². The lowest BCUT2D eigenvalue weighted by Gasteiger charge is -2.31. The predicted octanol–water partition coefficient (Wildman–Crippen LogP) is 1.87. The molecule has 6 heteroatoms. The van der Waals surface area contributed by atoms with Gasteiger partial charge in [0.1, 0.15) is 11.6 Å². The monoisotopic (exact) mass is 281 g/mol. The summed E-state index contributed by atoms with van der Waals surface area (Å²) in [5.41, 5.74) is 5.80. The van der Waals surface area contributed by atoms with Crippen LogP contribution in [0, 0.1) is 0 Å². The maximum atomic E-state index is 9.29. The molecular formula is C14H27N5O. The number of aliphatic hydroxyl groups excluding tert-OH is 1. The molecule has 0 unspecified atom stereocenters. The first-order chi connectivity index (χ1) is 9.65. The second-order valence-electron chi connectivity index (χ2n) is 4.78. The SMILES string of the molecule is CCCNc1cc(N(CCO)C(CC)CC)nc(N)n1. The van der Waals surface area contributed by atoms with Crippen LogP contribution in [-0.2, 0) is 0 Å². The molecule has 0 aromatic carbocycles. The summed E-state index contributed by atoms with van der Waals surface area (Å²) in [6.07, 6.45) is 3.02. The standard InChI is InChI=1S/C14H27N5O/c1-4-7-16-12-10-13(18-14(15)17-12)19(8-9-20)11(5-2)6-3/h10-11,20H,4-9H2,1-3H3,(H3,15,16,17,18). The third kappa shape index (κ3) is 4.52. The van der Waals surface area contributed by atoms with E-state index in [0.717, 1.165) is 37.4 Å². The summed E-state index contributed by atoms with van der Waals surface area (Å²) in [6.45, 7) is 7.87. The number of nitrogens with one attached hydrogen (secondary N) is 1. The average Bonchev–Trinajstić information content (AvgIpc) is 2.44. The molecule has 114 valence electrons. The molecule has 0 aliphatic carbocycles. The lowest BCUT2D eigenvalue weighted by Crippen LogP contribution is -2.37. The van der Waals surface area contributed by atoms with E-state index >= 15 is 0 Å². The zero-order valence-electron chi connectivity index (χ0n) is 12.8. The fraction of sp³-hybridized carbons (Fsp3) is 0.714. The Morgan fingerprint density at radius 1 is 1.30 bits per heavy atom. The van der Waals surface area contributed by atoms with Crippen LogP contribution in [0.25, 0.3) is 0 Å². The van der Waals surface area contributed by atoms with Crippen molar-refractivity contribution < 1.29 is 5.11 Å². The number of hydrogen-bond donors (Lipinski definition) is 3. The van der Waals surface area contributed by atoms with Crippen LogP contribution in [0.2, 0.25) is 0 Å². The molecule has 0 atom stereocenters. The van der Waals surface area contributed by atoms with Gasteiger partial charge >= 0.3 is 0 Å². The lowest BCUT2D eigenvalue weighted by molar-refractivity contribution is 0.295. The van der Waals surface area contributed by atoms with E-state index in [1.54, 1.807) is 0 Å². The van der Waals surface area contributed by atoms with Crippen LogP contribution in [0.3, 0.4) is 0 Å². The third-order valence-electron chi connectivity index (χ3n) is 3.30. The summed E-state index contributed by atoms with van der Waals surface area (Å²) >= 11 is 0. The molecule has 0 saturated carbocycles. The first-order valence-electron chi connectivity index (χ1n) is 7.42. The highest BCUT2D eigenvalue weighted by Gasteiger charge is 2.17. The van der Waals surface area contributed by atoms with Gasteiger partial charge in [-0.15, -0.1) is 0 Å². The number of aromatic nitrogens is 2. The van der Waals surface area contributed by atoms with E-state index in [9.17, 15) is 5.11 Å². The van der Waals surface area contributed by atoms with E-state index in [1.165, 1.54) is 0 Å². The summed E-state index contributed by atoms with van der Waals surface area (Å²) in [5.74, 6) is 1.78. The van der Waals surface area contributed by atoms with Gasteiger partial charge in [-0.2, -0.15) is 9.97 Å². The summed E-state index contributed by atoms with van der Waals surface area (Å²) < 4.78 is 0. The smallest absolute Gasteiger partial charge is 0.223 e. The molecule has 20 heavy (non-hydrogen) atoms. The molecule has 4 N–H and O–H groups in total. The van der Waals surface area contributed by atoms with E-state index in [-0.39, 0.29) is 12.6 Å². The summed E-state index contributed by atoms with van der Waals surface area (Å²) in [4.78, 5) is 10.6. The number of nitrogens with two attached hydrogens (primary N) is 1. The molecule has 1 aromatic heterocycles. The van der Waals surface area contributed by atoms with Crippen molar-refractivity contribution in [2.24, 2.45) is 0 Å². The second-order valence-corrected chi connectivity index (χ2v) is 4.78. The predicted molar refractivity (Wildman–Crippen MR) is 84.0 cm³/mol. The largest absolute Gasteiger partial charge is 0.395 e. The number of rotatable bonds is 9. The Morgan fingerprint density at radius 2 is 2.00 bits per heavy atom. The molecule has 0 aliphatic heterocycles. The highest BCUT2D eigenvalue weighted by atomic mass is 16.3. The normalized spacial score (nSPS) is 10.8. The van der Waals surface area contributed by atoms with Crippen molar-refractivity contribution in [1.29, 1.82) is 0 Å². The van der Waals surface area contributed by atoms with Gasteiger partial charge in [0, 0.05) is 25.2 Å². The first-order valence-corrected chi connectivity index (χ1v) is 7.42. The molecule has 6 nitrogen and oxygen atoms in total. The van der Waals surface area contributed by atoms with Crippen molar-refractivity contribution >= 4 is 17.6 Å². The third-order valence-corrected chi connectivity index (χ3v) is 3.30. The lowest BCUT2D eigenvalue weighted by atomic mass is 10.1. The summed E-state index contributed by atoms with van der Waals surface area (Å²) in [5, 5.41) is 12.5. The highest BCUT2D eigenvalue weighted by Crippen LogP contribution is 2.21. The quantitative estimate of drug-likeness (QED) is 0.640. The Hall–Kier alpha value is -1.56. The van der Waals surface area contributed by atoms with Crippen molar-refractivity contribution in [2.75, 3.05) is 35.6 Å². The highest BCUT2D eigenvalue weighted by molar-refractivity contribution is 5.53. The van der Waals surface area contributed by atoms with Gasteiger partial charge in [0.2, 0.25) is 5.95 Å². The van der Waals surface area contributed by atoms with Gasteiger partial charge < -0.3 is 21.1 Å². The van der Waals surface area contributed by atoms with Gasteiger partial charge in [0.15, 0.2) is 0 Å². The maximum Gasteiger partial charge on any atom is 0.223 e. The maximum absolute atomic E-state index is 9.29. The molecule has 0 saturated heterocycles. The van der Waals surface area contributed by atoms with Crippen molar-refractivity contribution in [1.82, 2.24) is 9.97 Å². The van der Waals surface area contributed by atoms with Gasteiger partial charge in [0.05, 0.1) is 6.61 Å². The Balaban J connectivity index is 3.02. The number of anilines is 3. The van der Waals surface area contributed by atoms with E-state index in [2.05, 4.69) is 41.0 Å². The van der Waals surface area contributed by atoms with Gasteiger partial charge in [-0.05, 0) is 19.3 Å². The fourth-order valence-electron chi connectivity index (χ4n) is 2.26. The van der Waals surface area contributed by atoms with Crippen LogP contribution >= 0.6 is 0 Å². The van der Waals surface area contributed by atoms with Crippen LogP contribution in [0.4, 0.5) is 17.6 Å². The molecule has 0 bridgehead atoms. The van der Waals surface area contributed by atoms with Crippen LogP contribution < -0.4 is 16.0 Å². The first kappa shape index (κ1) is 16.5. The molecule has 0 amide bonds. The molecule has 1 rings (SSSR count). The zero-order chi connectivity index (χ0) is 15.0. The van der Waals surface area contributed by atoms with Crippen molar-refractivity contribution in [3.63, 3.8) is 0 Å². The molecule has 0 aliphatic rings. The Bertz CT molecular complexity index is 395. The van der Waals surface area contributed by atoms with E-state index in [1.807, 2.05) is 6.07 Å². The van der Waals surface area contributed by atoms with E-state index in [0.29, 0.717) is 12.6 Å². The van der Waals surface area contributed by atoms with Gasteiger partial charge in [0.25, 0.3) is 0 Å². The van der Waals surface area contributed by atoms with Gasteiger partial charge in [-0.1, -0.05) is 20.8 Å². The van der Waals surface area contributed by atoms with E-state index in [4.69, 9.17) is 5.73 Å². The van der Waals surface area contributed by atoms with Crippen molar-refractivity contribution in [3.8, 4) is 0 Å². The Morgan fingerprint density at radius 3 is 2.55 bits per heavy atom. The van der Waals surface area contributed by atoms with Gasteiger partial charge in [-0.25, -0.2) is 0 Å². The minimum absolute atomic E-state index is 0.0954. The molecule has 0 fully saturated rings. The van der Waals surface area contributed by atoms with Crippen LogP contribution in [-0.4, -0.2) is 40.8 Å². The molecule has 0 spiro atoms. The Labute approximate surface area is 121 Å². The number of hydrogen-bond acceptors (Lipinski definition) is 6. The van der Waals surface area contributed by atoms with Crippen molar-refractivity contribution in [3.05, 3.63) is 6.07 Å². The topological polar surface area (TPSA) is 87.3 Å². The minimum Gasteiger partial charge on any atom is -0.395 e. The summed E-state index contributed by atoms with van der Waals surface area (Å²) in [7, 11) is 0. The van der Waals surface area contributed by atoms with Crippen LogP contribution in [0.5, 0.6) is 0 Å². The number of nitrogen functional groups attached to an aromatic ring is 1. The van der Waals surface area contributed by atoms with Crippen LogP contribution in [0.15, 0.2) is 6.07 Å². The Kier molecular flexibility index (Phi) is 7.08. The van der Waals surface area contributed by atoms with E-state index < -0.39 is 0 Å².